The van der Waals surface area contributed by atoms with Gasteiger partial charge in [0, 0.05) is 24.9 Å². The Morgan fingerprint density at radius 1 is 1.30 bits per heavy atom. The van der Waals surface area contributed by atoms with E-state index in [-0.39, 0.29) is 30.6 Å². The Bertz CT molecular complexity index is 601. The summed E-state index contributed by atoms with van der Waals surface area (Å²) < 4.78 is 41.1. The predicted octanol–water partition coefficient (Wildman–Crippen LogP) is 4.33. The van der Waals surface area contributed by atoms with Crippen molar-refractivity contribution in [3.8, 4) is 0 Å². The minimum atomic E-state index is -4.30. The van der Waals surface area contributed by atoms with E-state index in [1.54, 1.807) is 13.1 Å². The zero-order chi connectivity index (χ0) is 19.0. The Morgan fingerprint density at radius 3 is 2.67 bits per heavy atom. The van der Waals surface area contributed by atoms with Crippen molar-refractivity contribution in [1.82, 2.24) is 10.6 Å². The fourth-order valence-corrected chi connectivity index (χ4v) is 3.77. The van der Waals surface area contributed by atoms with Gasteiger partial charge in [-0.05, 0) is 36.6 Å². The van der Waals surface area contributed by atoms with Gasteiger partial charge in [-0.3, -0.25) is 4.99 Å². The molecule has 1 aromatic rings. The van der Waals surface area contributed by atoms with Crippen LogP contribution in [0.1, 0.15) is 30.4 Å². The number of alkyl halides is 3. The minimum absolute atomic E-state index is 0. The van der Waals surface area contributed by atoms with Gasteiger partial charge in [0.15, 0.2) is 5.96 Å². The van der Waals surface area contributed by atoms with Gasteiger partial charge in [0.1, 0.15) is 6.61 Å². The van der Waals surface area contributed by atoms with Crippen LogP contribution < -0.4 is 10.6 Å². The van der Waals surface area contributed by atoms with Crippen molar-refractivity contribution in [3.63, 3.8) is 0 Å². The van der Waals surface area contributed by atoms with Crippen molar-refractivity contribution in [1.29, 1.82) is 0 Å². The number of benzene rings is 1. The molecule has 154 valence electrons. The molecule has 1 saturated carbocycles. The average Bonchev–Trinajstić information content (AvgIpc) is 3.05. The summed E-state index contributed by atoms with van der Waals surface area (Å²) in [5.74, 6) is 0.746. The SMILES string of the molecule is CN=C(NCc1cccc(COCC(F)(F)F)c1)NC1CCC(SC)C1.I. The van der Waals surface area contributed by atoms with E-state index >= 15 is 0 Å². The largest absolute Gasteiger partial charge is 0.411 e. The molecule has 2 atom stereocenters. The molecular weight excluding hydrogens is 490 g/mol. The number of rotatable bonds is 7. The van der Waals surface area contributed by atoms with E-state index in [9.17, 15) is 13.2 Å². The van der Waals surface area contributed by atoms with Crippen LogP contribution in [0.4, 0.5) is 13.2 Å². The van der Waals surface area contributed by atoms with Crippen molar-refractivity contribution in [2.75, 3.05) is 19.9 Å². The van der Waals surface area contributed by atoms with Crippen molar-refractivity contribution >= 4 is 41.7 Å². The Morgan fingerprint density at radius 2 is 2.04 bits per heavy atom. The molecule has 0 amide bonds. The second-order valence-corrected chi connectivity index (χ2v) is 7.50. The molecule has 0 spiro atoms. The normalized spacial score (nSPS) is 20.3. The van der Waals surface area contributed by atoms with Crippen molar-refractivity contribution in [3.05, 3.63) is 35.4 Å². The maximum absolute atomic E-state index is 12.1. The van der Waals surface area contributed by atoms with E-state index in [0.29, 0.717) is 17.8 Å². The summed E-state index contributed by atoms with van der Waals surface area (Å²) in [4.78, 5) is 4.25. The van der Waals surface area contributed by atoms with Crippen LogP contribution in [0, 0.1) is 0 Å². The van der Waals surface area contributed by atoms with E-state index in [1.807, 2.05) is 30.0 Å². The zero-order valence-electron chi connectivity index (χ0n) is 15.5. The second-order valence-electron chi connectivity index (χ2n) is 6.37. The topological polar surface area (TPSA) is 45.7 Å². The number of hydrogen-bond donors (Lipinski definition) is 2. The lowest BCUT2D eigenvalue weighted by Crippen LogP contribution is -2.42. The van der Waals surface area contributed by atoms with Gasteiger partial charge in [0.2, 0.25) is 0 Å². The van der Waals surface area contributed by atoms with E-state index in [2.05, 4.69) is 21.9 Å². The van der Waals surface area contributed by atoms with Gasteiger partial charge in [0.05, 0.1) is 6.61 Å². The molecule has 1 aromatic carbocycles. The summed E-state index contributed by atoms with van der Waals surface area (Å²) in [6.07, 6.45) is 1.33. The molecule has 1 aliphatic rings. The maximum atomic E-state index is 12.1. The highest BCUT2D eigenvalue weighted by Crippen LogP contribution is 2.28. The van der Waals surface area contributed by atoms with Crippen LogP contribution in [0.5, 0.6) is 0 Å². The molecule has 0 heterocycles. The first-order chi connectivity index (χ1) is 12.4. The van der Waals surface area contributed by atoms with Gasteiger partial charge >= 0.3 is 6.18 Å². The van der Waals surface area contributed by atoms with Gasteiger partial charge < -0.3 is 15.4 Å². The van der Waals surface area contributed by atoms with Crippen molar-refractivity contribution in [2.45, 2.75) is 49.9 Å². The number of halogens is 4. The lowest BCUT2D eigenvalue weighted by Gasteiger charge is -2.17. The first kappa shape index (κ1) is 24.4. The Hall–Kier alpha value is -0.680. The molecule has 27 heavy (non-hydrogen) atoms. The quantitative estimate of drug-likeness (QED) is 0.321. The fraction of sp³-hybridized carbons (Fsp3) is 0.611. The van der Waals surface area contributed by atoms with E-state index in [4.69, 9.17) is 4.74 Å². The van der Waals surface area contributed by atoms with Gasteiger partial charge in [-0.15, -0.1) is 24.0 Å². The number of hydrogen-bond acceptors (Lipinski definition) is 3. The summed E-state index contributed by atoms with van der Waals surface area (Å²) in [6.45, 7) is -0.742. The molecule has 4 nitrogen and oxygen atoms in total. The van der Waals surface area contributed by atoms with Gasteiger partial charge in [-0.25, -0.2) is 0 Å². The van der Waals surface area contributed by atoms with Crippen molar-refractivity contribution < 1.29 is 17.9 Å². The molecule has 0 radical (unpaired) electrons. The smallest absolute Gasteiger partial charge is 0.367 e. The second kappa shape index (κ2) is 12.0. The number of ether oxygens (including phenoxy) is 1. The van der Waals surface area contributed by atoms with Gasteiger partial charge in [-0.1, -0.05) is 24.3 Å². The van der Waals surface area contributed by atoms with E-state index in [0.717, 1.165) is 29.9 Å². The summed E-state index contributed by atoms with van der Waals surface area (Å²) in [5, 5.41) is 7.41. The molecule has 0 bridgehead atoms. The highest BCUT2D eigenvalue weighted by molar-refractivity contribution is 14.0. The molecule has 2 unspecified atom stereocenters. The first-order valence-corrected chi connectivity index (χ1v) is 9.90. The monoisotopic (exact) mass is 517 g/mol. The van der Waals surface area contributed by atoms with Gasteiger partial charge in [-0.2, -0.15) is 24.9 Å². The summed E-state index contributed by atoms with van der Waals surface area (Å²) in [7, 11) is 1.73. The maximum Gasteiger partial charge on any atom is 0.411 e. The molecule has 0 saturated heterocycles. The minimum Gasteiger partial charge on any atom is -0.367 e. The van der Waals surface area contributed by atoms with Crippen LogP contribution in [-0.2, 0) is 17.9 Å². The molecule has 1 aliphatic carbocycles. The summed E-state index contributed by atoms with van der Waals surface area (Å²) in [6, 6.07) is 7.77. The van der Waals surface area contributed by atoms with Crippen LogP contribution in [0.25, 0.3) is 0 Å². The van der Waals surface area contributed by atoms with Crippen LogP contribution in [0.2, 0.25) is 0 Å². The predicted molar refractivity (Wildman–Crippen MR) is 116 cm³/mol. The molecule has 1 fully saturated rings. The van der Waals surface area contributed by atoms with Crippen LogP contribution >= 0.6 is 35.7 Å². The number of aliphatic imine (C=N–C) groups is 1. The average molecular weight is 517 g/mol. The Balaban J connectivity index is 0.00000364. The molecular formula is C18H27F3IN3OS. The summed E-state index contributed by atoms with van der Waals surface area (Å²) >= 11 is 1.91. The third kappa shape index (κ3) is 9.38. The molecule has 0 aliphatic heterocycles. The number of guanidine groups is 1. The number of nitrogens with one attached hydrogen (secondary N) is 2. The molecule has 9 heteroatoms. The number of thioether (sulfide) groups is 1. The van der Waals surface area contributed by atoms with Crippen LogP contribution in [0.3, 0.4) is 0 Å². The van der Waals surface area contributed by atoms with Crippen LogP contribution in [-0.4, -0.2) is 43.3 Å². The molecule has 0 aromatic heterocycles. The van der Waals surface area contributed by atoms with E-state index < -0.39 is 12.8 Å². The summed E-state index contributed by atoms with van der Waals surface area (Å²) in [5.41, 5.74) is 1.68. The number of nitrogens with zero attached hydrogens (tertiary/aromatic N) is 1. The Kier molecular flexibility index (Phi) is 10.8. The lowest BCUT2D eigenvalue weighted by atomic mass is 10.1. The standard InChI is InChI=1S/C18H26F3N3OS.HI/c1-22-17(24-15-6-7-16(9-15)26-2)23-10-13-4-3-5-14(8-13)11-25-12-18(19,20)21;/h3-5,8,15-16H,6-7,9-12H2,1-2H3,(H2,22,23,24);1H. The van der Waals surface area contributed by atoms with Crippen LogP contribution in [0.15, 0.2) is 29.3 Å². The van der Waals surface area contributed by atoms with E-state index in [1.165, 1.54) is 6.42 Å². The highest BCUT2D eigenvalue weighted by Gasteiger charge is 2.27. The molecule has 2 rings (SSSR count). The highest BCUT2D eigenvalue weighted by atomic mass is 127. The lowest BCUT2D eigenvalue weighted by molar-refractivity contribution is -0.176. The first-order valence-electron chi connectivity index (χ1n) is 8.62. The van der Waals surface area contributed by atoms with Crippen molar-refractivity contribution in [2.24, 2.45) is 4.99 Å². The molecule has 2 N–H and O–H groups in total. The Labute approximate surface area is 180 Å². The third-order valence-electron chi connectivity index (χ3n) is 4.27. The fourth-order valence-electron chi connectivity index (χ4n) is 2.97. The zero-order valence-corrected chi connectivity index (χ0v) is 18.7. The van der Waals surface area contributed by atoms with Gasteiger partial charge in [0.25, 0.3) is 0 Å². The third-order valence-corrected chi connectivity index (χ3v) is 5.36.